The largest absolute Gasteiger partial charge is 0.368 e. The third-order valence-electron chi connectivity index (χ3n) is 4.72. The Balaban J connectivity index is 1.78. The minimum atomic E-state index is 0.537. The summed E-state index contributed by atoms with van der Waals surface area (Å²) in [6.45, 7) is 4.25. The normalized spacial score (nSPS) is 22.7. The van der Waals surface area contributed by atoms with Crippen LogP contribution >= 0.6 is 0 Å². The van der Waals surface area contributed by atoms with Crippen LogP contribution in [0.25, 0.3) is 0 Å². The summed E-state index contributed by atoms with van der Waals surface area (Å²) in [5.74, 6) is 0. The van der Waals surface area contributed by atoms with Gasteiger partial charge in [-0.25, -0.2) is 0 Å². The predicted octanol–water partition coefficient (Wildman–Crippen LogP) is 3.58. The van der Waals surface area contributed by atoms with Crippen molar-refractivity contribution >= 4 is 5.69 Å². The highest BCUT2D eigenvalue weighted by atomic mass is 15.2. The average Bonchev–Trinajstić information content (AvgIpc) is 3.33. The second kappa shape index (κ2) is 6.49. The van der Waals surface area contributed by atoms with E-state index >= 15 is 0 Å². The Bertz CT molecular complexity index is 528. The number of benzene rings is 1. The smallest absolute Gasteiger partial charge is 0.101 e. The lowest BCUT2D eigenvalue weighted by atomic mass is 10.1. The zero-order chi connectivity index (χ0) is 14.7. The van der Waals surface area contributed by atoms with Gasteiger partial charge in [0.05, 0.1) is 11.3 Å². The predicted molar refractivity (Wildman–Crippen MR) is 86.3 cm³/mol. The van der Waals surface area contributed by atoms with Crippen molar-refractivity contribution in [1.82, 2.24) is 5.32 Å². The van der Waals surface area contributed by atoms with Crippen molar-refractivity contribution in [2.24, 2.45) is 0 Å². The maximum atomic E-state index is 9.52. The molecule has 1 saturated carbocycles. The van der Waals surface area contributed by atoms with Crippen molar-refractivity contribution in [3.63, 3.8) is 0 Å². The van der Waals surface area contributed by atoms with E-state index in [1.165, 1.54) is 44.1 Å². The molecule has 112 valence electrons. The first-order valence-electron chi connectivity index (χ1n) is 8.31. The van der Waals surface area contributed by atoms with Gasteiger partial charge in [-0.2, -0.15) is 5.26 Å². The molecule has 2 fully saturated rings. The molecule has 21 heavy (non-hydrogen) atoms. The molecule has 1 aliphatic carbocycles. The second-order valence-electron chi connectivity index (χ2n) is 6.51. The van der Waals surface area contributed by atoms with E-state index in [1.807, 2.05) is 0 Å². The highest BCUT2D eigenvalue weighted by Gasteiger charge is 2.22. The van der Waals surface area contributed by atoms with Crippen LogP contribution in [0.15, 0.2) is 18.2 Å². The third-order valence-corrected chi connectivity index (χ3v) is 4.72. The number of nitrogens with zero attached hydrogens (tertiary/aromatic N) is 2. The van der Waals surface area contributed by atoms with E-state index in [9.17, 15) is 5.26 Å². The van der Waals surface area contributed by atoms with Gasteiger partial charge in [-0.1, -0.05) is 18.9 Å². The highest BCUT2D eigenvalue weighted by molar-refractivity contribution is 5.61. The van der Waals surface area contributed by atoms with Crippen LogP contribution in [0, 0.1) is 11.3 Å². The molecule has 1 aromatic rings. The van der Waals surface area contributed by atoms with Gasteiger partial charge in [-0.15, -0.1) is 0 Å². The lowest BCUT2D eigenvalue weighted by molar-refractivity contribution is 0.615. The Morgan fingerprint density at radius 3 is 2.86 bits per heavy atom. The van der Waals surface area contributed by atoms with Crippen molar-refractivity contribution in [2.45, 2.75) is 64.1 Å². The molecule has 0 amide bonds. The molecular weight excluding hydrogens is 258 g/mol. The van der Waals surface area contributed by atoms with Gasteiger partial charge in [0, 0.05) is 25.2 Å². The molecule has 0 bridgehead atoms. The van der Waals surface area contributed by atoms with Crippen molar-refractivity contribution in [1.29, 1.82) is 5.26 Å². The van der Waals surface area contributed by atoms with E-state index in [4.69, 9.17) is 0 Å². The van der Waals surface area contributed by atoms with Crippen LogP contribution in [-0.2, 0) is 6.54 Å². The lowest BCUT2D eigenvalue weighted by Gasteiger charge is -2.30. The molecule has 1 aliphatic heterocycles. The van der Waals surface area contributed by atoms with Crippen LogP contribution in [-0.4, -0.2) is 18.6 Å². The molecule has 0 spiro atoms. The zero-order valence-electron chi connectivity index (χ0n) is 12.9. The van der Waals surface area contributed by atoms with Crippen molar-refractivity contribution in [2.75, 3.05) is 11.4 Å². The van der Waals surface area contributed by atoms with E-state index in [1.54, 1.807) is 0 Å². The molecule has 1 heterocycles. The quantitative estimate of drug-likeness (QED) is 0.918. The van der Waals surface area contributed by atoms with Crippen molar-refractivity contribution < 1.29 is 0 Å². The number of hydrogen-bond acceptors (Lipinski definition) is 3. The summed E-state index contributed by atoms with van der Waals surface area (Å²) < 4.78 is 0. The Morgan fingerprint density at radius 2 is 2.10 bits per heavy atom. The molecule has 1 aromatic carbocycles. The van der Waals surface area contributed by atoms with Crippen LogP contribution in [0.2, 0.25) is 0 Å². The van der Waals surface area contributed by atoms with Crippen molar-refractivity contribution in [3.05, 3.63) is 29.3 Å². The zero-order valence-corrected chi connectivity index (χ0v) is 12.9. The number of nitriles is 1. The molecular formula is C18H25N3. The summed E-state index contributed by atoms with van der Waals surface area (Å²) in [6.07, 6.45) is 7.69. The minimum Gasteiger partial charge on any atom is -0.368 e. The van der Waals surface area contributed by atoms with Gasteiger partial charge in [0.15, 0.2) is 0 Å². The Kier molecular flexibility index (Phi) is 4.45. The fraction of sp³-hybridized carbons (Fsp3) is 0.611. The van der Waals surface area contributed by atoms with Crippen molar-refractivity contribution in [3.8, 4) is 6.07 Å². The first kappa shape index (κ1) is 14.4. The van der Waals surface area contributed by atoms with E-state index in [0.29, 0.717) is 12.1 Å². The summed E-state index contributed by atoms with van der Waals surface area (Å²) in [5, 5.41) is 13.0. The number of hydrogen-bond donors (Lipinski definition) is 1. The topological polar surface area (TPSA) is 39.1 Å². The molecule has 0 aromatic heterocycles. The Morgan fingerprint density at radius 1 is 1.24 bits per heavy atom. The van der Waals surface area contributed by atoms with Crippen LogP contribution in [0.1, 0.15) is 56.6 Å². The average molecular weight is 283 g/mol. The van der Waals surface area contributed by atoms with Gasteiger partial charge < -0.3 is 10.2 Å². The van der Waals surface area contributed by atoms with Gasteiger partial charge in [-0.05, 0) is 50.3 Å². The first-order valence-corrected chi connectivity index (χ1v) is 8.31. The molecule has 3 nitrogen and oxygen atoms in total. The second-order valence-corrected chi connectivity index (χ2v) is 6.51. The maximum absolute atomic E-state index is 9.52. The first-order chi connectivity index (χ1) is 10.3. The van der Waals surface area contributed by atoms with Crippen LogP contribution in [0.4, 0.5) is 5.69 Å². The minimum absolute atomic E-state index is 0.537. The molecule has 3 rings (SSSR count). The van der Waals surface area contributed by atoms with Gasteiger partial charge in [0.1, 0.15) is 6.07 Å². The molecule has 1 atom stereocenters. The number of nitrogens with one attached hydrogen (secondary N) is 1. The summed E-state index contributed by atoms with van der Waals surface area (Å²) in [4.78, 5) is 2.43. The molecule has 1 N–H and O–H groups in total. The van der Waals surface area contributed by atoms with E-state index < -0.39 is 0 Å². The summed E-state index contributed by atoms with van der Waals surface area (Å²) in [6, 6.07) is 10.1. The van der Waals surface area contributed by atoms with Gasteiger partial charge in [0.2, 0.25) is 0 Å². The van der Waals surface area contributed by atoms with Crippen LogP contribution in [0.3, 0.4) is 0 Å². The SMILES string of the molecule is CC1CCCCCN1c1ccc(CNC2CC2)cc1C#N. The van der Waals surface area contributed by atoms with E-state index in [0.717, 1.165) is 24.3 Å². The number of rotatable bonds is 4. The van der Waals surface area contributed by atoms with Crippen LogP contribution in [0.5, 0.6) is 0 Å². The molecule has 3 heteroatoms. The highest BCUT2D eigenvalue weighted by Crippen LogP contribution is 2.28. The Hall–Kier alpha value is -1.53. The molecule has 2 aliphatic rings. The third kappa shape index (κ3) is 3.57. The molecule has 1 unspecified atom stereocenters. The molecule has 0 radical (unpaired) electrons. The lowest BCUT2D eigenvalue weighted by Crippen LogP contribution is -2.33. The summed E-state index contributed by atoms with van der Waals surface area (Å²) in [5.41, 5.74) is 3.19. The van der Waals surface area contributed by atoms with E-state index in [2.05, 4.69) is 41.4 Å². The fourth-order valence-electron chi connectivity index (χ4n) is 3.22. The van der Waals surface area contributed by atoms with Gasteiger partial charge in [0.25, 0.3) is 0 Å². The number of anilines is 1. The Labute approximate surface area is 128 Å². The fourth-order valence-corrected chi connectivity index (χ4v) is 3.22. The van der Waals surface area contributed by atoms with Crippen LogP contribution < -0.4 is 10.2 Å². The summed E-state index contributed by atoms with van der Waals surface area (Å²) >= 11 is 0. The maximum Gasteiger partial charge on any atom is 0.101 e. The van der Waals surface area contributed by atoms with Gasteiger partial charge >= 0.3 is 0 Å². The standard InChI is InChI=1S/C18H25N3/c1-14-5-3-2-4-10-21(14)18-9-6-15(11-16(18)12-19)13-20-17-7-8-17/h6,9,11,14,17,20H,2-5,7-8,10,13H2,1H3. The monoisotopic (exact) mass is 283 g/mol. The molecule has 1 saturated heterocycles. The summed E-state index contributed by atoms with van der Waals surface area (Å²) in [7, 11) is 0. The van der Waals surface area contributed by atoms with E-state index in [-0.39, 0.29) is 0 Å². The van der Waals surface area contributed by atoms with Gasteiger partial charge in [-0.3, -0.25) is 0 Å².